The molecule has 4 saturated carbocycles. The maximum absolute atomic E-state index is 11.6. The summed E-state index contributed by atoms with van der Waals surface area (Å²) < 4.78 is 0. The van der Waals surface area contributed by atoms with E-state index in [9.17, 15) is 15.0 Å². The van der Waals surface area contributed by atoms with Crippen molar-refractivity contribution in [2.45, 2.75) is 99.3 Å². The van der Waals surface area contributed by atoms with Crippen LogP contribution in [-0.2, 0) is 0 Å². The highest BCUT2D eigenvalue weighted by Crippen LogP contribution is 2.77. The molecule has 0 aliphatic heterocycles. The quantitative estimate of drug-likeness (QED) is 0.368. The molecule has 0 amide bonds. The molecule has 0 unspecified atom stereocenters. The van der Waals surface area contributed by atoms with Crippen LogP contribution in [-0.4, -0.2) is 22.8 Å². The van der Waals surface area contributed by atoms with E-state index in [0.29, 0.717) is 51.9 Å². The minimum atomic E-state index is -0.822. The van der Waals surface area contributed by atoms with Gasteiger partial charge in [-0.15, -0.1) is 11.3 Å². The van der Waals surface area contributed by atoms with Crippen LogP contribution in [0.2, 0.25) is 0 Å². The van der Waals surface area contributed by atoms with Crippen LogP contribution < -0.4 is 0 Å². The fourth-order valence-corrected chi connectivity index (χ4v) is 13.0. The molecule has 214 valence electrons. The Kier molecular flexibility index (Phi) is 6.27. The SMILES string of the molecule is C=C(C)[C@@H]1CC[C@]2(CO)CC[C@]3(C)[C@H](CC[C@@H]4[C@@]5(C)CC=C(c6csc(C(=O)O)c6)C(C)(C)[C@@H]5CC[C@]43C)[C@@H]12. The molecule has 1 aromatic heterocycles. The van der Waals surface area contributed by atoms with Crippen molar-refractivity contribution in [3.63, 3.8) is 0 Å². The lowest BCUT2D eigenvalue weighted by Crippen LogP contribution is -2.65. The molecule has 2 N–H and O–H groups in total. The molecule has 0 aromatic carbocycles. The van der Waals surface area contributed by atoms with Gasteiger partial charge in [-0.3, -0.25) is 0 Å². The van der Waals surface area contributed by atoms with Gasteiger partial charge in [-0.05, 0) is 144 Å². The Labute approximate surface area is 240 Å². The molecular weight excluding hydrogens is 500 g/mol. The van der Waals surface area contributed by atoms with Crippen molar-refractivity contribution in [2.75, 3.05) is 6.61 Å². The molecule has 1 heterocycles. The smallest absolute Gasteiger partial charge is 0.345 e. The van der Waals surface area contributed by atoms with Crippen molar-refractivity contribution in [1.29, 1.82) is 0 Å². The highest BCUT2D eigenvalue weighted by molar-refractivity contribution is 7.12. The number of hydrogen-bond donors (Lipinski definition) is 2. The largest absolute Gasteiger partial charge is 0.477 e. The van der Waals surface area contributed by atoms with Gasteiger partial charge in [0.15, 0.2) is 0 Å². The molecule has 1 aromatic rings. The van der Waals surface area contributed by atoms with Crippen molar-refractivity contribution < 1.29 is 15.0 Å². The van der Waals surface area contributed by atoms with Crippen LogP contribution in [0.25, 0.3) is 5.57 Å². The molecule has 0 spiro atoms. The third-order valence-electron chi connectivity index (χ3n) is 14.3. The van der Waals surface area contributed by atoms with E-state index in [-0.39, 0.29) is 16.2 Å². The number of aromatic carboxylic acids is 1. The number of carboxylic acid groups (broad SMARTS) is 1. The summed E-state index contributed by atoms with van der Waals surface area (Å²) in [6, 6.07) is 1.90. The van der Waals surface area contributed by atoms with Crippen LogP contribution in [0.4, 0.5) is 0 Å². The molecule has 9 atom stereocenters. The molecule has 0 radical (unpaired) electrons. The molecule has 0 bridgehead atoms. The van der Waals surface area contributed by atoms with E-state index < -0.39 is 5.97 Å². The summed E-state index contributed by atoms with van der Waals surface area (Å²) in [6.45, 7) is 19.9. The average molecular weight is 551 g/mol. The Bertz CT molecular complexity index is 1220. The van der Waals surface area contributed by atoms with Gasteiger partial charge in [0.2, 0.25) is 0 Å². The summed E-state index contributed by atoms with van der Waals surface area (Å²) in [6.07, 6.45) is 13.5. The van der Waals surface area contributed by atoms with E-state index in [1.54, 1.807) is 0 Å². The maximum atomic E-state index is 11.6. The minimum Gasteiger partial charge on any atom is -0.477 e. The normalized spacial score (nSPS) is 46.3. The summed E-state index contributed by atoms with van der Waals surface area (Å²) in [4.78, 5) is 12.1. The van der Waals surface area contributed by atoms with E-state index in [2.05, 4.69) is 59.6 Å². The first-order valence-electron chi connectivity index (χ1n) is 15.5. The van der Waals surface area contributed by atoms with Crippen LogP contribution in [0, 0.1) is 56.7 Å². The van der Waals surface area contributed by atoms with Crippen molar-refractivity contribution in [2.24, 2.45) is 56.7 Å². The Morgan fingerprint density at radius 3 is 2.38 bits per heavy atom. The molecule has 4 fully saturated rings. The van der Waals surface area contributed by atoms with Crippen LogP contribution in [0.3, 0.4) is 0 Å². The predicted molar refractivity (Wildman–Crippen MR) is 161 cm³/mol. The number of aliphatic hydroxyl groups excluding tert-OH is 1. The number of fused-ring (bicyclic) bond motifs is 7. The second-order valence-corrected chi connectivity index (χ2v) is 16.7. The van der Waals surface area contributed by atoms with Crippen LogP contribution in [0.15, 0.2) is 29.7 Å². The predicted octanol–water partition coefficient (Wildman–Crippen LogP) is 9.09. The number of aliphatic hydroxyl groups is 1. The van der Waals surface area contributed by atoms with Gasteiger partial charge in [0.05, 0.1) is 0 Å². The average Bonchev–Trinajstić information content (AvgIpc) is 3.50. The van der Waals surface area contributed by atoms with Gasteiger partial charge < -0.3 is 10.2 Å². The van der Waals surface area contributed by atoms with Gasteiger partial charge in [0, 0.05) is 6.61 Å². The summed E-state index contributed by atoms with van der Waals surface area (Å²) in [7, 11) is 0. The third-order valence-corrected chi connectivity index (χ3v) is 15.2. The van der Waals surface area contributed by atoms with E-state index in [1.807, 2.05) is 6.07 Å². The number of hydrogen-bond acceptors (Lipinski definition) is 3. The van der Waals surface area contributed by atoms with Crippen LogP contribution in [0.5, 0.6) is 0 Å². The number of thiophene rings is 1. The first-order valence-corrected chi connectivity index (χ1v) is 16.4. The molecular formula is C35H50O3S. The first kappa shape index (κ1) is 27.8. The number of rotatable bonds is 4. The number of allylic oxidation sites excluding steroid dienone is 3. The molecule has 3 nitrogen and oxygen atoms in total. The lowest BCUT2D eigenvalue weighted by atomic mass is 9.32. The summed E-state index contributed by atoms with van der Waals surface area (Å²) in [5.41, 5.74) is 4.78. The molecule has 6 rings (SSSR count). The zero-order chi connectivity index (χ0) is 28.2. The van der Waals surface area contributed by atoms with E-state index in [4.69, 9.17) is 0 Å². The second-order valence-electron chi connectivity index (χ2n) is 15.8. The monoisotopic (exact) mass is 550 g/mol. The summed E-state index contributed by atoms with van der Waals surface area (Å²) in [5.74, 6) is 2.27. The molecule has 5 aliphatic rings. The van der Waals surface area contributed by atoms with Gasteiger partial charge in [0.25, 0.3) is 0 Å². The topological polar surface area (TPSA) is 57.5 Å². The van der Waals surface area contributed by atoms with Gasteiger partial charge >= 0.3 is 5.97 Å². The second kappa shape index (κ2) is 8.81. The van der Waals surface area contributed by atoms with E-state index in [1.165, 1.54) is 73.8 Å². The Hall–Kier alpha value is -1.39. The van der Waals surface area contributed by atoms with E-state index in [0.717, 1.165) is 12.0 Å². The maximum Gasteiger partial charge on any atom is 0.345 e. The van der Waals surface area contributed by atoms with E-state index >= 15 is 0 Å². The van der Waals surface area contributed by atoms with Crippen molar-refractivity contribution >= 4 is 22.9 Å². The van der Waals surface area contributed by atoms with Gasteiger partial charge in [-0.2, -0.15) is 0 Å². The highest BCUT2D eigenvalue weighted by atomic mass is 32.1. The van der Waals surface area contributed by atoms with Crippen LogP contribution in [0.1, 0.15) is 115 Å². The fraction of sp³-hybridized carbons (Fsp3) is 0.743. The van der Waals surface area contributed by atoms with Gasteiger partial charge in [-0.1, -0.05) is 52.8 Å². The Morgan fingerprint density at radius 2 is 1.74 bits per heavy atom. The molecule has 39 heavy (non-hydrogen) atoms. The highest BCUT2D eigenvalue weighted by Gasteiger charge is 2.70. The van der Waals surface area contributed by atoms with Gasteiger partial charge in [0.1, 0.15) is 4.88 Å². The molecule has 5 aliphatic carbocycles. The lowest BCUT2D eigenvalue weighted by Gasteiger charge is -2.72. The molecule has 4 heteroatoms. The van der Waals surface area contributed by atoms with Crippen molar-refractivity contribution in [1.82, 2.24) is 0 Å². The number of carboxylic acids is 1. The molecule has 0 saturated heterocycles. The van der Waals surface area contributed by atoms with Crippen molar-refractivity contribution in [3.05, 3.63) is 40.1 Å². The Balaban J connectivity index is 1.37. The summed E-state index contributed by atoms with van der Waals surface area (Å²) >= 11 is 1.36. The summed E-state index contributed by atoms with van der Waals surface area (Å²) in [5, 5.41) is 22.4. The zero-order valence-corrected chi connectivity index (χ0v) is 25.9. The standard InChI is InChI=1S/C35H50O3S/c1-21(2)23-10-15-35(20-36)17-16-33(6)25(29(23)35)8-9-28-32(5)13-11-24(22-18-26(30(37)38)39-19-22)31(3,4)27(32)12-14-34(28,33)7/h11,18-19,23,25,27-29,36H,1,8-10,12-17,20H2,2-7H3,(H,37,38)/t23-,25+,27-,28+,29+,32-,33+,34+,35+/m0/s1. The first-order chi connectivity index (χ1) is 18.2. The fourth-order valence-electron chi connectivity index (χ4n) is 12.2. The Morgan fingerprint density at radius 1 is 1.00 bits per heavy atom. The lowest BCUT2D eigenvalue weighted by molar-refractivity contribution is -0.228. The minimum absolute atomic E-state index is 0.0119. The van der Waals surface area contributed by atoms with Crippen molar-refractivity contribution in [3.8, 4) is 0 Å². The zero-order valence-electron chi connectivity index (χ0n) is 25.1. The van der Waals surface area contributed by atoms with Gasteiger partial charge in [-0.25, -0.2) is 4.79 Å². The third kappa shape index (κ3) is 3.52. The van der Waals surface area contributed by atoms with Crippen LogP contribution >= 0.6 is 11.3 Å². The number of carbonyl (C=O) groups is 1.